The van der Waals surface area contributed by atoms with Gasteiger partial charge in [0.25, 0.3) is 0 Å². The number of anilines is 1. The van der Waals surface area contributed by atoms with Gasteiger partial charge in [0.1, 0.15) is 0 Å². The Labute approximate surface area is 140 Å². The zero-order valence-electron chi connectivity index (χ0n) is 13.4. The van der Waals surface area contributed by atoms with Gasteiger partial charge >= 0.3 is 5.97 Å². The van der Waals surface area contributed by atoms with Crippen molar-refractivity contribution in [2.45, 2.75) is 32.8 Å². The van der Waals surface area contributed by atoms with Crippen molar-refractivity contribution in [1.29, 1.82) is 0 Å². The SMILES string of the molecule is CCC(C)OC(=O)c1ccc(NCCC(=O)c2cccs2)cc1. The van der Waals surface area contributed by atoms with Crippen LogP contribution in [0, 0.1) is 0 Å². The summed E-state index contributed by atoms with van der Waals surface area (Å²) in [6, 6.07) is 10.8. The van der Waals surface area contributed by atoms with Crippen LogP contribution in [0.25, 0.3) is 0 Å². The molecule has 0 saturated carbocycles. The van der Waals surface area contributed by atoms with Crippen molar-refractivity contribution in [3.05, 3.63) is 52.2 Å². The fourth-order valence-corrected chi connectivity index (χ4v) is 2.63. The normalized spacial score (nSPS) is 11.7. The highest BCUT2D eigenvalue weighted by molar-refractivity contribution is 7.12. The first-order chi connectivity index (χ1) is 11.1. The van der Waals surface area contributed by atoms with Gasteiger partial charge in [-0.05, 0) is 49.1 Å². The van der Waals surface area contributed by atoms with E-state index in [1.54, 1.807) is 12.1 Å². The zero-order valence-corrected chi connectivity index (χ0v) is 14.2. The number of rotatable bonds is 8. The number of carbonyl (C=O) groups excluding carboxylic acids is 2. The van der Waals surface area contributed by atoms with Gasteiger partial charge in [-0.1, -0.05) is 13.0 Å². The van der Waals surface area contributed by atoms with E-state index in [9.17, 15) is 9.59 Å². The van der Waals surface area contributed by atoms with Crippen LogP contribution in [0.5, 0.6) is 0 Å². The number of nitrogens with one attached hydrogen (secondary N) is 1. The second-order valence-electron chi connectivity index (χ2n) is 5.28. The third-order valence-electron chi connectivity index (χ3n) is 3.48. The summed E-state index contributed by atoms with van der Waals surface area (Å²) in [5.74, 6) is -0.167. The van der Waals surface area contributed by atoms with Gasteiger partial charge in [-0.2, -0.15) is 0 Å². The Balaban J connectivity index is 1.81. The summed E-state index contributed by atoms with van der Waals surface area (Å²) >= 11 is 1.46. The average molecular weight is 331 g/mol. The van der Waals surface area contributed by atoms with Crippen LogP contribution in [-0.4, -0.2) is 24.4 Å². The molecule has 4 nitrogen and oxygen atoms in total. The molecule has 2 rings (SSSR count). The molecule has 1 unspecified atom stereocenters. The molecule has 0 spiro atoms. The Morgan fingerprint density at radius 1 is 1.22 bits per heavy atom. The van der Waals surface area contributed by atoms with Crippen molar-refractivity contribution in [2.75, 3.05) is 11.9 Å². The fraction of sp³-hybridized carbons (Fsp3) is 0.333. The maximum Gasteiger partial charge on any atom is 0.338 e. The second kappa shape index (κ2) is 8.48. The lowest BCUT2D eigenvalue weighted by molar-refractivity contribution is 0.0334. The molecule has 0 aliphatic rings. The molecule has 0 fully saturated rings. The predicted molar refractivity (Wildman–Crippen MR) is 93.4 cm³/mol. The summed E-state index contributed by atoms with van der Waals surface area (Å²) in [5.41, 5.74) is 1.41. The van der Waals surface area contributed by atoms with E-state index in [2.05, 4.69) is 5.32 Å². The molecule has 1 aromatic heterocycles. The summed E-state index contributed by atoms with van der Waals surface area (Å²) in [6.07, 6.45) is 1.16. The predicted octanol–water partition coefficient (Wildman–Crippen LogP) is 4.39. The van der Waals surface area contributed by atoms with Gasteiger partial charge in [-0.3, -0.25) is 4.79 Å². The second-order valence-corrected chi connectivity index (χ2v) is 6.23. The van der Waals surface area contributed by atoms with Crippen LogP contribution in [0.4, 0.5) is 5.69 Å². The summed E-state index contributed by atoms with van der Waals surface area (Å²) in [5, 5.41) is 5.09. The fourth-order valence-electron chi connectivity index (χ4n) is 1.94. The molecule has 0 amide bonds. The van der Waals surface area contributed by atoms with Gasteiger partial charge in [-0.25, -0.2) is 4.79 Å². The Morgan fingerprint density at radius 2 is 1.96 bits per heavy atom. The van der Waals surface area contributed by atoms with Crippen LogP contribution in [0.3, 0.4) is 0 Å². The Bertz CT molecular complexity index is 635. The van der Waals surface area contributed by atoms with Crippen molar-refractivity contribution in [3.8, 4) is 0 Å². The molecule has 1 heterocycles. The van der Waals surface area contributed by atoms with Crippen LogP contribution in [0.1, 0.15) is 46.7 Å². The monoisotopic (exact) mass is 331 g/mol. The average Bonchev–Trinajstić information content (AvgIpc) is 3.09. The van der Waals surface area contributed by atoms with E-state index in [1.165, 1.54) is 11.3 Å². The molecule has 0 radical (unpaired) electrons. The number of hydrogen-bond donors (Lipinski definition) is 1. The van der Waals surface area contributed by atoms with Crippen LogP contribution in [0.15, 0.2) is 41.8 Å². The van der Waals surface area contributed by atoms with E-state index < -0.39 is 0 Å². The first-order valence-electron chi connectivity index (χ1n) is 7.71. The number of esters is 1. The molecule has 122 valence electrons. The Hall–Kier alpha value is -2.14. The lowest BCUT2D eigenvalue weighted by atomic mass is 10.2. The zero-order chi connectivity index (χ0) is 16.7. The number of carbonyl (C=O) groups is 2. The molecule has 23 heavy (non-hydrogen) atoms. The quantitative estimate of drug-likeness (QED) is 0.576. The third-order valence-corrected chi connectivity index (χ3v) is 4.39. The number of Topliss-reactive ketones (excluding diaryl/α,β-unsaturated/α-hetero) is 1. The highest BCUT2D eigenvalue weighted by atomic mass is 32.1. The highest BCUT2D eigenvalue weighted by Gasteiger charge is 2.10. The molecule has 0 saturated heterocycles. The van der Waals surface area contributed by atoms with Crippen LogP contribution < -0.4 is 5.32 Å². The van der Waals surface area contributed by atoms with E-state index in [4.69, 9.17) is 4.74 Å². The largest absolute Gasteiger partial charge is 0.459 e. The minimum Gasteiger partial charge on any atom is -0.459 e. The molecule has 1 N–H and O–H groups in total. The first kappa shape index (κ1) is 17.2. The van der Waals surface area contributed by atoms with Crippen molar-refractivity contribution in [1.82, 2.24) is 0 Å². The van der Waals surface area contributed by atoms with Gasteiger partial charge in [-0.15, -0.1) is 11.3 Å². The van der Waals surface area contributed by atoms with Crippen LogP contribution in [-0.2, 0) is 4.74 Å². The first-order valence-corrected chi connectivity index (χ1v) is 8.59. The maximum absolute atomic E-state index is 11.9. The standard InChI is InChI=1S/C18H21NO3S/c1-3-13(2)22-18(21)14-6-8-15(9-7-14)19-11-10-16(20)17-5-4-12-23-17/h4-9,12-13,19H,3,10-11H2,1-2H3. The molecule has 1 atom stereocenters. The number of thiophene rings is 1. The van der Waals surface area contributed by atoms with E-state index in [1.807, 2.05) is 43.5 Å². The Morgan fingerprint density at radius 3 is 2.57 bits per heavy atom. The minimum absolute atomic E-state index is 0.0800. The number of ether oxygens (including phenoxy) is 1. The van der Waals surface area contributed by atoms with Gasteiger partial charge in [0.15, 0.2) is 5.78 Å². The van der Waals surface area contributed by atoms with Crippen molar-refractivity contribution < 1.29 is 14.3 Å². The Kier molecular flexibility index (Phi) is 6.35. The van der Waals surface area contributed by atoms with E-state index in [0.717, 1.165) is 17.0 Å². The molecule has 1 aromatic carbocycles. The summed E-state index contributed by atoms with van der Waals surface area (Å²) in [7, 11) is 0. The molecule has 5 heteroatoms. The maximum atomic E-state index is 11.9. The molecular formula is C18H21NO3S. The third kappa shape index (κ3) is 5.21. The van der Waals surface area contributed by atoms with Crippen molar-refractivity contribution in [2.24, 2.45) is 0 Å². The summed E-state index contributed by atoms with van der Waals surface area (Å²) < 4.78 is 5.28. The lowest BCUT2D eigenvalue weighted by Crippen LogP contribution is -2.14. The number of ketones is 1. The molecule has 0 aliphatic heterocycles. The topological polar surface area (TPSA) is 55.4 Å². The van der Waals surface area contributed by atoms with E-state index in [0.29, 0.717) is 18.5 Å². The summed E-state index contributed by atoms with van der Waals surface area (Å²) in [4.78, 5) is 24.5. The number of hydrogen-bond acceptors (Lipinski definition) is 5. The smallest absolute Gasteiger partial charge is 0.338 e. The van der Waals surface area contributed by atoms with Crippen LogP contribution >= 0.6 is 11.3 Å². The van der Waals surface area contributed by atoms with Crippen molar-refractivity contribution >= 4 is 28.8 Å². The van der Waals surface area contributed by atoms with Gasteiger partial charge in [0, 0.05) is 18.7 Å². The van der Waals surface area contributed by atoms with Crippen molar-refractivity contribution in [3.63, 3.8) is 0 Å². The van der Waals surface area contributed by atoms with Gasteiger partial charge in [0.2, 0.25) is 0 Å². The van der Waals surface area contributed by atoms with E-state index >= 15 is 0 Å². The lowest BCUT2D eigenvalue weighted by Gasteiger charge is -2.11. The highest BCUT2D eigenvalue weighted by Crippen LogP contribution is 2.14. The van der Waals surface area contributed by atoms with Gasteiger partial charge in [0.05, 0.1) is 16.5 Å². The minimum atomic E-state index is -0.307. The molecule has 0 bridgehead atoms. The molecule has 0 aliphatic carbocycles. The van der Waals surface area contributed by atoms with Gasteiger partial charge < -0.3 is 10.1 Å². The number of benzene rings is 1. The van der Waals surface area contributed by atoms with E-state index in [-0.39, 0.29) is 17.9 Å². The van der Waals surface area contributed by atoms with Crippen LogP contribution in [0.2, 0.25) is 0 Å². The summed E-state index contributed by atoms with van der Waals surface area (Å²) in [6.45, 7) is 4.41. The molecule has 2 aromatic rings. The molecular weight excluding hydrogens is 310 g/mol.